The lowest BCUT2D eigenvalue weighted by atomic mass is 9.93. The molecule has 208 valence electrons. The summed E-state index contributed by atoms with van der Waals surface area (Å²) in [4.78, 5) is 62.8. The third-order valence-electron chi connectivity index (χ3n) is 6.09. The van der Waals surface area contributed by atoms with Crippen molar-refractivity contribution in [3.8, 4) is 0 Å². The number of amides is 1. The van der Waals surface area contributed by atoms with Crippen LogP contribution in [0.1, 0.15) is 54.6 Å². The number of unbranched alkanes of at least 4 members (excludes halogenated alkanes) is 3. The summed E-state index contributed by atoms with van der Waals surface area (Å²) in [6.45, 7) is 0.796. The number of nitrogens with one attached hydrogen (secondary N) is 3. The molecule has 1 unspecified atom stereocenters. The van der Waals surface area contributed by atoms with Crippen molar-refractivity contribution in [3.63, 3.8) is 0 Å². The summed E-state index contributed by atoms with van der Waals surface area (Å²) in [5, 5.41) is 24.6. The second kappa shape index (κ2) is 13.8. The van der Waals surface area contributed by atoms with E-state index in [0.717, 1.165) is 19.3 Å². The van der Waals surface area contributed by atoms with E-state index >= 15 is 0 Å². The van der Waals surface area contributed by atoms with E-state index < -0.39 is 35.4 Å². The number of H-pyrrole nitrogens is 1. The van der Waals surface area contributed by atoms with E-state index in [9.17, 15) is 29.4 Å². The van der Waals surface area contributed by atoms with Gasteiger partial charge in [0.25, 0.3) is 11.5 Å². The van der Waals surface area contributed by atoms with Crippen LogP contribution in [0.2, 0.25) is 0 Å². The van der Waals surface area contributed by atoms with Crippen LogP contribution in [0.15, 0.2) is 35.3 Å². The number of carboxylic acid groups (broad SMARTS) is 2. The van der Waals surface area contributed by atoms with Gasteiger partial charge in [0.2, 0.25) is 5.95 Å². The SMILES string of the molecule is NCCCCCCC(C[C@H](NC(=O)c1ccc(NCc2cnc3nc(N)[nH]c(=O)c3n2)cc1)C(=O)O)C(=O)O. The smallest absolute Gasteiger partial charge is 0.326 e. The van der Waals surface area contributed by atoms with Gasteiger partial charge in [0.1, 0.15) is 6.04 Å². The molecule has 3 aromatic rings. The lowest BCUT2D eigenvalue weighted by Crippen LogP contribution is -2.43. The summed E-state index contributed by atoms with van der Waals surface area (Å²) < 4.78 is 0. The molecule has 0 aliphatic heterocycles. The number of carboxylic acids is 2. The topological polar surface area (TPSA) is 239 Å². The fourth-order valence-corrected chi connectivity index (χ4v) is 3.97. The second-order valence-electron chi connectivity index (χ2n) is 9.04. The molecule has 3 rings (SSSR count). The Balaban J connectivity index is 1.57. The Morgan fingerprint density at radius 1 is 1.00 bits per heavy atom. The van der Waals surface area contributed by atoms with Crippen molar-refractivity contribution in [1.29, 1.82) is 0 Å². The fraction of sp³-hybridized carbons (Fsp3) is 0.400. The summed E-state index contributed by atoms with van der Waals surface area (Å²) in [5.74, 6) is -3.97. The predicted octanol–water partition coefficient (Wildman–Crippen LogP) is 1.09. The number of anilines is 2. The highest BCUT2D eigenvalue weighted by Crippen LogP contribution is 2.18. The van der Waals surface area contributed by atoms with E-state index in [2.05, 4.69) is 30.6 Å². The Morgan fingerprint density at radius 3 is 2.38 bits per heavy atom. The number of nitrogen functional groups attached to an aromatic ring is 1. The first kappa shape index (κ1) is 29.0. The Labute approximate surface area is 223 Å². The number of hydrogen-bond acceptors (Lipinski definition) is 10. The Bertz CT molecular complexity index is 1360. The van der Waals surface area contributed by atoms with Gasteiger partial charge >= 0.3 is 11.9 Å². The molecule has 0 aliphatic rings. The fourth-order valence-electron chi connectivity index (χ4n) is 3.97. The first-order valence-electron chi connectivity index (χ1n) is 12.5. The molecule has 14 heteroatoms. The number of rotatable bonds is 15. The maximum absolute atomic E-state index is 12.7. The molecule has 2 atom stereocenters. The van der Waals surface area contributed by atoms with Crippen LogP contribution in [0.4, 0.5) is 11.6 Å². The van der Waals surface area contributed by atoms with Gasteiger partial charge in [-0.15, -0.1) is 0 Å². The lowest BCUT2D eigenvalue weighted by molar-refractivity contribution is -0.144. The number of hydrogen-bond donors (Lipinski definition) is 7. The standard InChI is InChI=1S/C25H32N8O6/c26-10-4-2-1-3-5-15(23(36)37)11-18(24(38)39)31-21(34)14-6-8-16(9-7-14)28-12-17-13-29-20-19(30-17)22(35)33-25(27)32-20/h6-9,13,15,18,28H,1-5,10-12,26H2,(H,31,34)(H,36,37)(H,38,39)(H3,27,29,32,33,35)/t15?,18-/m0/s1. The summed E-state index contributed by atoms with van der Waals surface area (Å²) in [6, 6.07) is 4.91. The summed E-state index contributed by atoms with van der Waals surface area (Å²) in [7, 11) is 0. The minimum atomic E-state index is -1.35. The van der Waals surface area contributed by atoms with Gasteiger partial charge in [0.05, 0.1) is 24.4 Å². The average Bonchev–Trinajstić information content (AvgIpc) is 2.90. The molecule has 9 N–H and O–H groups in total. The molecular formula is C25H32N8O6. The number of carbonyl (C=O) groups excluding carboxylic acids is 1. The molecule has 2 aromatic heterocycles. The van der Waals surface area contributed by atoms with Gasteiger partial charge in [0.15, 0.2) is 11.2 Å². The van der Waals surface area contributed by atoms with E-state index in [-0.39, 0.29) is 35.6 Å². The van der Waals surface area contributed by atoms with Crippen LogP contribution in [0, 0.1) is 5.92 Å². The zero-order chi connectivity index (χ0) is 28.4. The number of benzene rings is 1. The third kappa shape index (κ3) is 8.46. The number of nitrogens with two attached hydrogens (primary N) is 2. The van der Waals surface area contributed by atoms with Gasteiger partial charge in [-0.25, -0.2) is 14.8 Å². The van der Waals surface area contributed by atoms with Crippen molar-refractivity contribution in [3.05, 3.63) is 52.1 Å². The highest BCUT2D eigenvalue weighted by atomic mass is 16.4. The van der Waals surface area contributed by atoms with Crippen LogP contribution < -0.4 is 27.7 Å². The molecule has 39 heavy (non-hydrogen) atoms. The van der Waals surface area contributed by atoms with Gasteiger partial charge in [-0.1, -0.05) is 19.3 Å². The van der Waals surface area contributed by atoms with Crippen LogP contribution in [0.25, 0.3) is 11.2 Å². The maximum atomic E-state index is 12.7. The van der Waals surface area contributed by atoms with Crippen LogP contribution in [-0.2, 0) is 16.1 Å². The zero-order valence-electron chi connectivity index (χ0n) is 21.2. The first-order valence-corrected chi connectivity index (χ1v) is 12.5. The zero-order valence-corrected chi connectivity index (χ0v) is 21.2. The Hall–Kier alpha value is -4.59. The van der Waals surface area contributed by atoms with Gasteiger partial charge in [0, 0.05) is 11.3 Å². The van der Waals surface area contributed by atoms with E-state index in [0.29, 0.717) is 30.8 Å². The van der Waals surface area contributed by atoms with Crippen LogP contribution in [0.5, 0.6) is 0 Å². The van der Waals surface area contributed by atoms with E-state index in [1.54, 1.807) is 12.1 Å². The van der Waals surface area contributed by atoms with Crippen molar-refractivity contribution in [1.82, 2.24) is 25.3 Å². The molecule has 0 saturated heterocycles. The van der Waals surface area contributed by atoms with E-state index in [4.69, 9.17) is 11.5 Å². The number of carbonyl (C=O) groups is 3. The molecule has 0 saturated carbocycles. The normalized spacial score (nSPS) is 12.5. The first-order chi connectivity index (χ1) is 18.7. The summed E-state index contributed by atoms with van der Waals surface area (Å²) >= 11 is 0. The molecule has 2 heterocycles. The highest BCUT2D eigenvalue weighted by molar-refractivity contribution is 5.97. The van der Waals surface area contributed by atoms with Gasteiger partial charge in [-0.05, 0) is 50.1 Å². The van der Waals surface area contributed by atoms with Crippen molar-refractivity contribution >= 4 is 40.6 Å². The summed E-state index contributed by atoms with van der Waals surface area (Å²) in [5.41, 5.74) is 12.0. The molecule has 0 aliphatic carbocycles. The van der Waals surface area contributed by atoms with Crippen LogP contribution >= 0.6 is 0 Å². The van der Waals surface area contributed by atoms with Crippen molar-refractivity contribution < 1.29 is 24.6 Å². The second-order valence-corrected chi connectivity index (χ2v) is 9.04. The molecule has 0 radical (unpaired) electrons. The van der Waals surface area contributed by atoms with Crippen LogP contribution in [0.3, 0.4) is 0 Å². The van der Waals surface area contributed by atoms with Crippen molar-refractivity contribution in [2.24, 2.45) is 11.7 Å². The number of aliphatic carboxylic acids is 2. The minimum absolute atomic E-state index is 0.0535. The quantitative estimate of drug-likeness (QED) is 0.134. The molecule has 0 spiro atoms. The predicted molar refractivity (Wildman–Crippen MR) is 143 cm³/mol. The van der Waals surface area contributed by atoms with Gasteiger partial charge < -0.3 is 32.3 Å². The third-order valence-corrected chi connectivity index (χ3v) is 6.09. The monoisotopic (exact) mass is 540 g/mol. The minimum Gasteiger partial charge on any atom is -0.481 e. The Kier molecular flexibility index (Phi) is 10.3. The number of aromatic amines is 1. The molecule has 1 amide bonds. The van der Waals surface area contributed by atoms with Gasteiger partial charge in [-0.3, -0.25) is 19.4 Å². The number of nitrogens with zero attached hydrogens (tertiary/aromatic N) is 3. The Morgan fingerprint density at radius 2 is 1.72 bits per heavy atom. The molecule has 0 fully saturated rings. The molecule has 14 nitrogen and oxygen atoms in total. The highest BCUT2D eigenvalue weighted by Gasteiger charge is 2.28. The maximum Gasteiger partial charge on any atom is 0.326 e. The lowest BCUT2D eigenvalue weighted by Gasteiger charge is -2.19. The van der Waals surface area contributed by atoms with Crippen molar-refractivity contribution in [2.45, 2.75) is 51.1 Å². The molecule has 1 aromatic carbocycles. The van der Waals surface area contributed by atoms with E-state index in [1.165, 1.54) is 18.3 Å². The molecular weight excluding hydrogens is 508 g/mol. The molecule has 0 bridgehead atoms. The number of aromatic nitrogens is 4. The van der Waals surface area contributed by atoms with E-state index in [1.807, 2.05) is 0 Å². The van der Waals surface area contributed by atoms with Gasteiger partial charge in [-0.2, -0.15) is 4.98 Å². The average molecular weight is 541 g/mol. The number of fused-ring (bicyclic) bond motifs is 1. The van der Waals surface area contributed by atoms with Crippen molar-refractivity contribution in [2.75, 3.05) is 17.6 Å². The summed E-state index contributed by atoms with van der Waals surface area (Å²) in [6.07, 6.45) is 4.74. The largest absolute Gasteiger partial charge is 0.481 e. The van der Waals surface area contributed by atoms with Crippen LogP contribution in [-0.4, -0.2) is 60.6 Å².